The predicted octanol–water partition coefficient (Wildman–Crippen LogP) is 1.06. The van der Waals surface area contributed by atoms with Gasteiger partial charge in [-0.25, -0.2) is 4.98 Å². The van der Waals surface area contributed by atoms with Gasteiger partial charge in [0.2, 0.25) is 0 Å². The molecule has 3 fully saturated rings. The Labute approximate surface area is 93.8 Å². The fourth-order valence-electron chi connectivity index (χ4n) is 1.98. The fourth-order valence-corrected chi connectivity index (χ4v) is 1.98. The second-order valence-corrected chi connectivity index (χ2v) is 4.37. The first-order valence-corrected chi connectivity index (χ1v) is 5.47. The van der Waals surface area contributed by atoms with Gasteiger partial charge in [0, 0.05) is 17.8 Å². The summed E-state index contributed by atoms with van der Waals surface area (Å²) in [5, 5.41) is 0. The standard InChI is InChI=1S/C11H14N2O3/c1-2-10-6-14-11(15-7-10,16-8-10)9-5-12-3-4-13-9/h3-5H,2,6-8H2,1H3. The quantitative estimate of drug-likeness (QED) is 0.749. The van der Waals surface area contributed by atoms with Gasteiger partial charge in [-0.15, -0.1) is 0 Å². The summed E-state index contributed by atoms with van der Waals surface area (Å²) in [7, 11) is 0. The van der Waals surface area contributed by atoms with E-state index in [1.807, 2.05) is 0 Å². The van der Waals surface area contributed by atoms with Crippen LogP contribution in [0.2, 0.25) is 0 Å². The molecule has 0 amide bonds. The fraction of sp³-hybridized carbons (Fsp3) is 0.636. The number of aromatic nitrogens is 2. The van der Waals surface area contributed by atoms with Crippen molar-refractivity contribution in [2.24, 2.45) is 5.41 Å². The van der Waals surface area contributed by atoms with Crippen molar-refractivity contribution in [3.63, 3.8) is 0 Å². The molecule has 1 aromatic rings. The van der Waals surface area contributed by atoms with Crippen LogP contribution in [0.15, 0.2) is 18.6 Å². The summed E-state index contributed by atoms with van der Waals surface area (Å²) >= 11 is 0. The molecule has 0 saturated carbocycles. The summed E-state index contributed by atoms with van der Waals surface area (Å²) in [6.07, 6.45) is 5.83. The molecule has 0 aromatic carbocycles. The zero-order valence-corrected chi connectivity index (χ0v) is 9.18. The van der Waals surface area contributed by atoms with Gasteiger partial charge in [-0.3, -0.25) is 4.98 Å². The van der Waals surface area contributed by atoms with Crippen molar-refractivity contribution in [3.05, 3.63) is 24.3 Å². The molecule has 3 saturated heterocycles. The Bertz CT molecular complexity index is 358. The van der Waals surface area contributed by atoms with Gasteiger partial charge in [0.25, 0.3) is 0 Å². The number of fused-ring (bicyclic) bond motifs is 3. The first-order chi connectivity index (χ1) is 7.79. The van der Waals surface area contributed by atoms with Crippen molar-refractivity contribution in [2.75, 3.05) is 19.8 Å². The van der Waals surface area contributed by atoms with E-state index in [0.29, 0.717) is 25.5 Å². The molecule has 1 aromatic heterocycles. The lowest BCUT2D eigenvalue weighted by atomic mass is 9.86. The SMILES string of the molecule is CCC12COC(c3cnccn3)(OC1)OC2. The second kappa shape index (κ2) is 3.48. The maximum absolute atomic E-state index is 5.70. The van der Waals surface area contributed by atoms with E-state index in [4.69, 9.17) is 14.2 Å². The monoisotopic (exact) mass is 222 g/mol. The summed E-state index contributed by atoms with van der Waals surface area (Å²) in [6.45, 7) is 4.08. The highest BCUT2D eigenvalue weighted by Gasteiger charge is 2.53. The van der Waals surface area contributed by atoms with Crippen LogP contribution in [0.25, 0.3) is 0 Å². The van der Waals surface area contributed by atoms with Crippen LogP contribution in [0.3, 0.4) is 0 Å². The first-order valence-electron chi connectivity index (χ1n) is 5.47. The third kappa shape index (κ3) is 1.36. The smallest absolute Gasteiger partial charge is 0.322 e. The van der Waals surface area contributed by atoms with Crippen molar-refractivity contribution in [3.8, 4) is 0 Å². The molecule has 4 rings (SSSR count). The number of ether oxygens (including phenoxy) is 3. The topological polar surface area (TPSA) is 53.5 Å². The molecule has 3 aliphatic rings. The van der Waals surface area contributed by atoms with Crippen molar-refractivity contribution >= 4 is 0 Å². The van der Waals surface area contributed by atoms with Crippen molar-refractivity contribution < 1.29 is 14.2 Å². The average molecular weight is 222 g/mol. The second-order valence-electron chi connectivity index (χ2n) is 4.37. The lowest BCUT2D eigenvalue weighted by molar-refractivity contribution is -0.481. The largest absolute Gasteiger partial charge is 0.331 e. The summed E-state index contributed by atoms with van der Waals surface area (Å²) in [6, 6.07) is 0. The predicted molar refractivity (Wildman–Crippen MR) is 54.3 cm³/mol. The molecule has 0 spiro atoms. The normalized spacial score (nSPS) is 37.6. The third-order valence-electron chi connectivity index (χ3n) is 3.33. The summed E-state index contributed by atoms with van der Waals surface area (Å²) < 4.78 is 17.1. The molecular weight excluding hydrogens is 208 g/mol. The van der Waals surface area contributed by atoms with Crippen molar-refractivity contribution in [2.45, 2.75) is 19.3 Å². The van der Waals surface area contributed by atoms with Gasteiger partial charge >= 0.3 is 5.97 Å². The minimum absolute atomic E-state index is 0.0178. The van der Waals surface area contributed by atoms with Crippen LogP contribution in [0.5, 0.6) is 0 Å². The van der Waals surface area contributed by atoms with Crippen LogP contribution in [0.4, 0.5) is 0 Å². The van der Waals surface area contributed by atoms with Crippen LogP contribution in [-0.4, -0.2) is 29.8 Å². The van der Waals surface area contributed by atoms with Crippen LogP contribution in [-0.2, 0) is 20.2 Å². The molecule has 5 heteroatoms. The van der Waals surface area contributed by atoms with E-state index in [0.717, 1.165) is 6.42 Å². The van der Waals surface area contributed by atoms with Gasteiger partial charge in [0.1, 0.15) is 5.69 Å². The highest BCUT2D eigenvalue weighted by atomic mass is 16.9. The van der Waals surface area contributed by atoms with Crippen LogP contribution in [0, 0.1) is 5.41 Å². The van der Waals surface area contributed by atoms with Crippen molar-refractivity contribution in [1.82, 2.24) is 9.97 Å². The number of rotatable bonds is 2. The Morgan fingerprint density at radius 3 is 2.38 bits per heavy atom. The summed E-state index contributed by atoms with van der Waals surface area (Å²) in [5.41, 5.74) is 0.601. The molecule has 0 radical (unpaired) electrons. The zero-order valence-electron chi connectivity index (χ0n) is 9.18. The maximum Gasteiger partial charge on any atom is 0.331 e. The molecule has 16 heavy (non-hydrogen) atoms. The molecule has 4 heterocycles. The van der Waals surface area contributed by atoms with Crippen LogP contribution < -0.4 is 0 Å². The Morgan fingerprint density at radius 1 is 1.19 bits per heavy atom. The Morgan fingerprint density at radius 2 is 1.88 bits per heavy atom. The third-order valence-corrected chi connectivity index (χ3v) is 3.33. The first kappa shape index (κ1) is 10.1. The number of hydrogen-bond donors (Lipinski definition) is 0. The molecule has 86 valence electrons. The van der Waals surface area contributed by atoms with Gasteiger partial charge in [-0.1, -0.05) is 6.92 Å². The van der Waals surface area contributed by atoms with Crippen molar-refractivity contribution in [1.29, 1.82) is 0 Å². The van der Waals surface area contributed by atoms with Crippen LogP contribution >= 0.6 is 0 Å². The highest BCUT2D eigenvalue weighted by molar-refractivity contribution is 5.04. The van der Waals surface area contributed by atoms with Gasteiger partial charge in [-0.2, -0.15) is 0 Å². The van der Waals surface area contributed by atoms with E-state index in [-0.39, 0.29) is 5.41 Å². The zero-order chi connectivity index (χ0) is 11.1. The summed E-state index contributed by atoms with van der Waals surface area (Å²) in [4.78, 5) is 8.19. The number of hydrogen-bond acceptors (Lipinski definition) is 5. The Balaban J connectivity index is 1.89. The van der Waals surface area contributed by atoms with Gasteiger partial charge in [-0.05, 0) is 6.42 Å². The van der Waals surface area contributed by atoms with E-state index >= 15 is 0 Å². The Hall–Kier alpha value is -1.04. The molecule has 5 nitrogen and oxygen atoms in total. The number of nitrogens with zero attached hydrogens (tertiary/aromatic N) is 2. The highest BCUT2D eigenvalue weighted by Crippen LogP contribution is 2.44. The van der Waals surface area contributed by atoms with E-state index < -0.39 is 5.97 Å². The lowest BCUT2D eigenvalue weighted by Crippen LogP contribution is -2.58. The van der Waals surface area contributed by atoms with E-state index in [2.05, 4.69) is 16.9 Å². The molecule has 0 unspecified atom stereocenters. The van der Waals surface area contributed by atoms with E-state index in [9.17, 15) is 0 Å². The molecule has 0 atom stereocenters. The molecule has 3 aliphatic heterocycles. The minimum atomic E-state index is -1.12. The van der Waals surface area contributed by atoms with E-state index in [1.165, 1.54) is 0 Å². The molecular formula is C11H14N2O3. The van der Waals surface area contributed by atoms with Gasteiger partial charge in [0.15, 0.2) is 0 Å². The average Bonchev–Trinajstić information content (AvgIpc) is 2.42. The van der Waals surface area contributed by atoms with Gasteiger partial charge in [0.05, 0.1) is 26.0 Å². The Kier molecular flexibility index (Phi) is 2.20. The molecule has 0 aliphatic carbocycles. The van der Waals surface area contributed by atoms with Gasteiger partial charge < -0.3 is 14.2 Å². The van der Waals surface area contributed by atoms with E-state index in [1.54, 1.807) is 18.6 Å². The lowest BCUT2D eigenvalue weighted by Gasteiger charge is -2.50. The molecule has 0 N–H and O–H groups in total. The molecule has 2 bridgehead atoms. The minimum Gasteiger partial charge on any atom is -0.322 e. The maximum atomic E-state index is 5.70. The summed E-state index contributed by atoms with van der Waals surface area (Å²) in [5.74, 6) is -1.12. The van der Waals surface area contributed by atoms with Crippen LogP contribution in [0.1, 0.15) is 19.0 Å².